The molecule has 0 aliphatic carbocycles. The van der Waals surface area contributed by atoms with Crippen molar-refractivity contribution in [2.45, 2.75) is 45.4 Å². The van der Waals surface area contributed by atoms with Gasteiger partial charge in [0.2, 0.25) is 0 Å². The van der Waals surface area contributed by atoms with Gasteiger partial charge in [-0.1, -0.05) is 166 Å². The van der Waals surface area contributed by atoms with Crippen molar-refractivity contribution in [3.8, 4) is 33.4 Å². The first-order valence-corrected chi connectivity index (χ1v) is 15.9. The van der Waals surface area contributed by atoms with Gasteiger partial charge in [0.05, 0.1) is 0 Å². The number of hydrogen-bond donors (Lipinski definition) is 0. The van der Waals surface area contributed by atoms with E-state index in [0.717, 1.165) is 0 Å². The Labute approximate surface area is 255 Å². The lowest BCUT2D eigenvalue weighted by molar-refractivity contribution is 0.570. The lowest BCUT2D eigenvalue weighted by atomic mass is 9.83. The lowest BCUT2D eigenvalue weighted by Gasteiger charge is -2.20. The minimum Gasteiger partial charge on any atom is -0.0654 e. The summed E-state index contributed by atoms with van der Waals surface area (Å²) in [6, 6.07) is 51.8. The molecule has 0 saturated heterocycles. The fourth-order valence-corrected chi connectivity index (χ4v) is 7.12. The Hall–Kier alpha value is -4.68. The maximum absolute atomic E-state index is 2.45. The maximum atomic E-state index is 2.45. The van der Waals surface area contributed by atoms with Crippen molar-refractivity contribution in [3.05, 3.63) is 145 Å². The van der Waals surface area contributed by atoms with Crippen LogP contribution in [0.5, 0.6) is 0 Å². The summed E-state index contributed by atoms with van der Waals surface area (Å²) in [6.45, 7) is 4.62. The molecular formula is C43H38. The molecule has 0 fully saturated rings. The van der Waals surface area contributed by atoms with Crippen LogP contribution in [0.25, 0.3) is 65.7 Å². The molecular weight excluding hydrogens is 516 g/mol. The Morgan fingerprint density at radius 1 is 0.442 bits per heavy atom. The topological polar surface area (TPSA) is 0 Å². The van der Waals surface area contributed by atoms with Crippen molar-refractivity contribution in [2.75, 3.05) is 0 Å². The maximum Gasteiger partial charge on any atom is -0.00201 e. The van der Waals surface area contributed by atoms with Crippen molar-refractivity contribution in [2.24, 2.45) is 0 Å². The predicted octanol–water partition coefficient (Wildman–Crippen LogP) is 12.8. The van der Waals surface area contributed by atoms with Crippen LogP contribution in [0.15, 0.2) is 140 Å². The molecule has 7 rings (SSSR count). The summed E-state index contributed by atoms with van der Waals surface area (Å²) in [6.07, 6.45) is 4.97. The Bertz CT molecular complexity index is 1990. The first kappa shape index (κ1) is 27.2. The molecule has 7 aromatic carbocycles. The van der Waals surface area contributed by atoms with Crippen LogP contribution in [-0.2, 0) is 0 Å². The normalized spacial score (nSPS) is 12.2. The lowest BCUT2D eigenvalue weighted by Crippen LogP contribution is -1.98. The Morgan fingerprint density at radius 2 is 0.953 bits per heavy atom. The molecule has 0 nitrogen and oxygen atoms in total. The number of fused-ring (bicyclic) bond motifs is 3. The highest BCUT2D eigenvalue weighted by Gasteiger charge is 2.19. The van der Waals surface area contributed by atoms with Crippen LogP contribution < -0.4 is 0 Å². The molecule has 0 heterocycles. The van der Waals surface area contributed by atoms with Gasteiger partial charge in [-0.2, -0.15) is 0 Å². The summed E-state index contributed by atoms with van der Waals surface area (Å²) in [7, 11) is 0. The van der Waals surface area contributed by atoms with E-state index in [4.69, 9.17) is 0 Å². The van der Waals surface area contributed by atoms with Crippen molar-refractivity contribution >= 4 is 32.3 Å². The van der Waals surface area contributed by atoms with Crippen molar-refractivity contribution in [1.82, 2.24) is 0 Å². The Morgan fingerprint density at radius 3 is 1.56 bits per heavy atom. The molecule has 0 spiro atoms. The summed E-state index contributed by atoms with van der Waals surface area (Å²) in [4.78, 5) is 0. The van der Waals surface area contributed by atoms with Crippen molar-refractivity contribution in [3.63, 3.8) is 0 Å². The van der Waals surface area contributed by atoms with E-state index in [2.05, 4.69) is 153 Å². The fraction of sp³-hybridized carbons (Fsp3) is 0.163. The number of benzene rings is 7. The van der Waals surface area contributed by atoms with E-state index < -0.39 is 0 Å². The summed E-state index contributed by atoms with van der Waals surface area (Å²) < 4.78 is 0. The van der Waals surface area contributed by atoms with Gasteiger partial charge in [-0.3, -0.25) is 0 Å². The summed E-state index contributed by atoms with van der Waals surface area (Å²) >= 11 is 0. The molecule has 7 aromatic rings. The zero-order chi connectivity index (χ0) is 29.2. The van der Waals surface area contributed by atoms with Gasteiger partial charge in [-0.05, 0) is 90.0 Å². The van der Waals surface area contributed by atoms with E-state index in [9.17, 15) is 0 Å². The van der Waals surface area contributed by atoms with E-state index in [0.29, 0.717) is 5.92 Å². The molecule has 0 aromatic heterocycles. The average Bonchev–Trinajstić information content (AvgIpc) is 3.07. The van der Waals surface area contributed by atoms with Gasteiger partial charge in [-0.25, -0.2) is 0 Å². The minimum absolute atomic E-state index is 0.617. The van der Waals surface area contributed by atoms with Crippen LogP contribution in [0, 0.1) is 0 Å². The van der Waals surface area contributed by atoms with Gasteiger partial charge in [-0.15, -0.1) is 0 Å². The molecule has 43 heavy (non-hydrogen) atoms. The summed E-state index contributed by atoms with van der Waals surface area (Å²) in [5.74, 6) is 0.617. The standard InChI is InChI=1S/C43H38/c1-3-5-16-30(4-2)32-19-15-20-33(29-32)34-27-28-41(36-22-10-9-21-35(34)36)43-39-25-13-11-23-37(39)42(31-17-7-6-8-18-31)38-24-12-14-26-40(38)43/h6-15,17-30H,3-5,16H2,1-2H3. The molecule has 0 heteroatoms. The van der Waals surface area contributed by atoms with Gasteiger partial charge in [0.15, 0.2) is 0 Å². The molecule has 0 aliphatic heterocycles. The van der Waals surface area contributed by atoms with Crippen molar-refractivity contribution in [1.29, 1.82) is 0 Å². The Balaban J connectivity index is 1.47. The highest BCUT2D eigenvalue weighted by Crippen LogP contribution is 2.46. The van der Waals surface area contributed by atoms with Crippen LogP contribution in [0.3, 0.4) is 0 Å². The van der Waals surface area contributed by atoms with Crippen LogP contribution in [0.1, 0.15) is 51.0 Å². The number of rotatable bonds is 8. The Kier molecular flexibility index (Phi) is 7.52. The minimum atomic E-state index is 0.617. The largest absolute Gasteiger partial charge is 0.0654 e. The van der Waals surface area contributed by atoms with Gasteiger partial charge in [0.25, 0.3) is 0 Å². The van der Waals surface area contributed by atoms with Crippen LogP contribution in [-0.4, -0.2) is 0 Å². The van der Waals surface area contributed by atoms with E-state index >= 15 is 0 Å². The summed E-state index contributed by atoms with van der Waals surface area (Å²) in [5.41, 5.74) is 9.25. The van der Waals surface area contributed by atoms with Gasteiger partial charge in [0.1, 0.15) is 0 Å². The number of unbranched alkanes of at least 4 members (excludes halogenated alkanes) is 1. The second-order valence-corrected chi connectivity index (χ2v) is 11.8. The molecule has 0 radical (unpaired) electrons. The monoisotopic (exact) mass is 554 g/mol. The first-order chi connectivity index (χ1) is 21.3. The van der Waals surface area contributed by atoms with Gasteiger partial charge in [0, 0.05) is 0 Å². The third kappa shape index (κ3) is 4.92. The molecule has 0 amide bonds. The van der Waals surface area contributed by atoms with Crippen LogP contribution in [0.2, 0.25) is 0 Å². The molecule has 0 aliphatic rings. The third-order valence-electron chi connectivity index (χ3n) is 9.26. The van der Waals surface area contributed by atoms with E-state index in [1.165, 1.54) is 96.9 Å². The first-order valence-electron chi connectivity index (χ1n) is 15.9. The number of hydrogen-bond acceptors (Lipinski definition) is 0. The zero-order valence-corrected chi connectivity index (χ0v) is 25.2. The van der Waals surface area contributed by atoms with Crippen LogP contribution >= 0.6 is 0 Å². The predicted molar refractivity (Wildman–Crippen MR) is 188 cm³/mol. The smallest absolute Gasteiger partial charge is 0.00201 e. The molecule has 0 bridgehead atoms. The van der Waals surface area contributed by atoms with Crippen molar-refractivity contribution < 1.29 is 0 Å². The third-order valence-corrected chi connectivity index (χ3v) is 9.26. The fourth-order valence-electron chi connectivity index (χ4n) is 7.12. The second kappa shape index (κ2) is 11.9. The van der Waals surface area contributed by atoms with Gasteiger partial charge >= 0.3 is 0 Å². The molecule has 0 N–H and O–H groups in total. The van der Waals surface area contributed by atoms with Crippen LogP contribution in [0.4, 0.5) is 0 Å². The zero-order valence-electron chi connectivity index (χ0n) is 25.2. The highest BCUT2D eigenvalue weighted by atomic mass is 14.2. The van der Waals surface area contributed by atoms with E-state index in [1.807, 2.05) is 0 Å². The molecule has 0 saturated carbocycles. The van der Waals surface area contributed by atoms with E-state index in [1.54, 1.807) is 0 Å². The second-order valence-electron chi connectivity index (χ2n) is 11.8. The van der Waals surface area contributed by atoms with Gasteiger partial charge < -0.3 is 0 Å². The molecule has 1 atom stereocenters. The molecule has 210 valence electrons. The average molecular weight is 555 g/mol. The van der Waals surface area contributed by atoms with E-state index in [-0.39, 0.29) is 0 Å². The highest BCUT2D eigenvalue weighted by molar-refractivity contribution is 6.24. The SMILES string of the molecule is CCCCC(CC)c1cccc(-c2ccc(-c3c4ccccc4c(-c4ccccc4)c4ccccc34)c3ccccc23)c1. The molecule has 1 unspecified atom stereocenters. The quantitative estimate of drug-likeness (QED) is 0.164. The summed E-state index contributed by atoms with van der Waals surface area (Å²) in [5, 5.41) is 7.77.